The molecule has 2 heterocycles. The van der Waals surface area contributed by atoms with Crippen molar-refractivity contribution in [2.45, 2.75) is 39.3 Å². The predicted molar refractivity (Wildman–Crippen MR) is 92.3 cm³/mol. The van der Waals surface area contributed by atoms with Gasteiger partial charge in [0, 0.05) is 36.5 Å². The highest BCUT2D eigenvalue weighted by Gasteiger charge is 2.24. The summed E-state index contributed by atoms with van der Waals surface area (Å²) < 4.78 is 33.9. The third kappa shape index (κ3) is 3.61. The van der Waals surface area contributed by atoms with Crippen LogP contribution in [0.5, 0.6) is 5.75 Å². The molecule has 0 spiro atoms. The molecule has 0 bridgehead atoms. The van der Waals surface area contributed by atoms with Gasteiger partial charge in [-0.05, 0) is 32.3 Å². The van der Waals surface area contributed by atoms with Gasteiger partial charge in [0.25, 0.3) is 11.5 Å². The van der Waals surface area contributed by atoms with Gasteiger partial charge in [-0.1, -0.05) is 6.07 Å². The third-order valence-electron chi connectivity index (χ3n) is 4.41. The van der Waals surface area contributed by atoms with E-state index in [1.54, 1.807) is 11.5 Å². The van der Waals surface area contributed by atoms with E-state index in [1.165, 1.54) is 12.1 Å². The Balaban J connectivity index is 1.91. The average Bonchev–Trinajstić information content (AvgIpc) is 2.61. The van der Waals surface area contributed by atoms with Gasteiger partial charge in [-0.3, -0.25) is 9.59 Å². The highest BCUT2D eigenvalue weighted by Crippen LogP contribution is 2.25. The van der Waals surface area contributed by atoms with Crippen LogP contribution in [-0.4, -0.2) is 17.1 Å². The van der Waals surface area contributed by atoms with Crippen molar-refractivity contribution in [3.8, 4) is 5.75 Å². The fraction of sp³-hybridized carbons (Fsp3) is 0.368. The molecule has 1 aromatic heterocycles. The van der Waals surface area contributed by atoms with Crippen molar-refractivity contribution in [2.24, 2.45) is 0 Å². The zero-order valence-electron chi connectivity index (χ0n) is 14.5. The van der Waals surface area contributed by atoms with Crippen molar-refractivity contribution >= 4 is 5.91 Å². The number of carbonyl (C=O) groups excluding carboxylic acids is 1. The summed E-state index contributed by atoms with van der Waals surface area (Å²) in [5.41, 5.74) is 0.946. The Kier molecular flexibility index (Phi) is 5.35. The van der Waals surface area contributed by atoms with E-state index in [1.807, 2.05) is 0 Å². The van der Waals surface area contributed by atoms with Gasteiger partial charge >= 0.3 is 0 Å². The number of nitrogens with zero attached hydrogens (tertiary/aromatic N) is 1. The lowest BCUT2D eigenvalue weighted by Gasteiger charge is -2.23. The molecule has 0 radical (unpaired) electrons. The lowest BCUT2D eigenvalue weighted by Crippen LogP contribution is -2.33. The number of hydrogen-bond donors (Lipinski definition) is 1. The fourth-order valence-electron chi connectivity index (χ4n) is 3.18. The van der Waals surface area contributed by atoms with Crippen LogP contribution in [-0.2, 0) is 19.5 Å². The second-order valence-electron chi connectivity index (χ2n) is 6.13. The number of ether oxygens (including phenoxy) is 1. The summed E-state index contributed by atoms with van der Waals surface area (Å²) in [7, 11) is 0. The van der Waals surface area contributed by atoms with Crippen LogP contribution in [0.2, 0.25) is 0 Å². The Morgan fingerprint density at radius 1 is 1.27 bits per heavy atom. The molecule has 1 aliphatic rings. The van der Waals surface area contributed by atoms with Gasteiger partial charge in [0.1, 0.15) is 22.9 Å². The van der Waals surface area contributed by atoms with Gasteiger partial charge in [0.2, 0.25) is 0 Å². The van der Waals surface area contributed by atoms with Crippen molar-refractivity contribution < 1.29 is 18.3 Å². The van der Waals surface area contributed by atoms with Gasteiger partial charge in [0.05, 0.1) is 6.61 Å². The molecule has 1 N–H and O–H groups in total. The molecular formula is C19H20F2N2O3. The molecule has 0 saturated carbocycles. The van der Waals surface area contributed by atoms with Crippen molar-refractivity contribution in [3.63, 3.8) is 0 Å². The minimum Gasteiger partial charge on any atom is -0.493 e. The van der Waals surface area contributed by atoms with E-state index in [4.69, 9.17) is 4.74 Å². The molecule has 0 saturated heterocycles. The quantitative estimate of drug-likeness (QED) is 0.890. The van der Waals surface area contributed by atoms with E-state index < -0.39 is 17.5 Å². The van der Waals surface area contributed by atoms with E-state index in [2.05, 4.69) is 5.32 Å². The molecule has 2 aromatic rings. The largest absolute Gasteiger partial charge is 0.493 e. The standard InChI is InChI=1S/C19H20F2N2O3/c1-2-26-16-10-17(24)23-8-4-3-5-15(23)18(16)19(25)22-11-12-6-7-13(20)9-14(12)21/h6-7,9-10H,2-5,8,11H2,1H3,(H,22,25). The molecule has 0 unspecified atom stereocenters. The second kappa shape index (κ2) is 7.68. The predicted octanol–water partition coefficient (Wildman–Crippen LogP) is 2.79. The molecular weight excluding hydrogens is 342 g/mol. The number of hydrogen-bond acceptors (Lipinski definition) is 3. The highest BCUT2D eigenvalue weighted by molar-refractivity contribution is 5.98. The van der Waals surface area contributed by atoms with Gasteiger partial charge in [-0.15, -0.1) is 0 Å². The SMILES string of the molecule is CCOc1cc(=O)n2c(c1C(=O)NCc1ccc(F)cc1F)CCCC2. The van der Waals surface area contributed by atoms with E-state index in [0.717, 1.165) is 25.0 Å². The number of carbonyl (C=O) groups is 1. The van der Waals surface area contributed by atoms with Gasteiger partial charge in [-0.25, -0.2) is 8.78 Å². The molecule has 3 rings (SSSR count). The summed E-state index contributed by atoms with van der Waals surface area (Å²) >= 11 is 0. The topological polar surface area (TPSA) is 60.3 Å². The van der Waals surface area contributed by atoms with Crippen molar-refractivity contribution in [3.05, 3.63) is 63.1 Å². The Labute approximate surface area is 149 Å². The molecule has 7 heteroatoms. The van der Waals surface area contributed by atoms with E-state index in [0.29, 0.717) is 30.8 Å². The number of fused-ring (bicyclic) bond motifs is 1. The van der Waals surface area contributed by atoms with Crippen molar-refractivity contribution in [1.82, 2.24) is 9.88 Å². The fourth-order valence-corrected chi connectivity index (χ4v) is 3.18. The van der Waals surface area contributed by atoms with Crippen LogP contribution in [0.4, 0.5) is 8.78 Å². The number of nitrogens with one attached hydrogen (secondary N) is 1. The Bertz CT molecular complexity index is 893. The zero-order chi connectivity index (χ0) is 18.7. The van der Waals surface area contributed by atoms with E-state index >= 15 is 0 Å². The molecule has 5 nitrogen and oxygen atoms in total. The van der Waals surface area contributed by atoms with Crippen LogP contribution >= 0.6 is 0 Å². The van der Waals surface area contributed by atoms with Gasteiger partial charge < -0.3 is 14.6 Å². The second-order valence-corrected chi connectivity index (χ2v) is 6.13. The number of pyridine rings is 1. The van der Waals surface area contributed by atoms with Crippen molar-refractivity contribution in [1.29, 1.82) is 0 Å². The van der Waals surface area contributed by atoms with Gasteiger partial charge in [0.15, 0.2) is 0 Å². The Morgan fingerprint density at radius 3 is 2.81 bits per heavy atom. The molecule has 0 aliphatic carbocycles. The number of amides is 1. The Morgan fingerprint density at radius 2 is 2.08 bits per heavy atom. The minimum atomic E-state index is -0.721. The lowest BCUT2D eigenvalue weighted by molar-refractivity contribution is 0.0944. The monoisotopic (exact) mass is 362 g/mol. The number of aromatic nitrogens is 1. The molecule has 138 valence electrons. The summed E-state index contributed by atoms with van der Waals surface area (Å²) in [6, 6.07) is 4.53. The highest BCUT2D eigenvalue weighted by atomic mass is 19.1. The third-order valence-corrected chi connectivity index (χ3v) is 4.41. The lowest BCUT2D eigenvalue weighted by atomic mass is 10.0. The van der Waals surface area contributed by atoms with Crippen LogP contribution in [0.15, 0.2) is 29.1 Å². The number of benzene rings is 1. The maximum atomic E-state index is 13.8. The first-order chi connectivity index (χ1) is 12.5. The van der Waals surface area contributed by atoms with E-state index in [9.17, 15) is 18.4 Å². The smallest absolute Gasteiger partial charge is 0.257 e. The van der Waals surface area contributed by atoms with Crippen LogP contribution < -0.4 is 15.6 Å². The van der Waals surface area contributed by atoms with Crippen molar-refractivity contribution in [2.75, 3.05) is 6.61 Å². The van der Waals surface area contributed by atoms with Crippen LogP contribution in [0.25, 0.3) is 0 Å². The van der Waals surface area contributed by atoms with Crippen LogP contribution in [0.3, 0.4) is 0 Å². The molecule has 26 heavy (non-hydrogen) atoms. The van der Waals surface area contributed by atoms with Crippen LogP contribution in [0, 0.1) is 11.6 Å². The number of halogens is 2. The number of rotatable bonds is 5. The first kappa shape index (κ1) is 18.1. The first-order valence-corrected chi connectivity index (χ1v) is 8.63. The summed E-state index contributed by atoms with van der Waals surface area (Å²) in [6.07, 6.45) is 2.36. The van der Waals surface area contributed by atoms with Gasteiger partial charge in [-0.2, -0.15) is 0 Å². The molecule has 1 aliphatic heterocycles. The zero-order valence-corrected chi connectivity index (χ0v) is 14.5. The molecule has 0 fully saturated rings. The summed E-state index contributed by atoms with van der Waals surface area (Å²) in [5.74, 6) is -1.60. The normalized spacial score (nSPS) is 13.2. The minimum absolute atomic E-state index is 0.0882. The summed E-state index contributed by atoms with van der Waals surface area (Å²) in [5, 5.41) is 2.65. The molecule has 1 amide bonds. The van der Waals surface area contributed by atoms with Crippen LogP contribution in [0.1, 0.15) is 41.4 Å². The Hall–Kier alpha value is -2.70. The van der Waals surface area contributed by atoms with E-state index in [-0.39, 0.29) is 23.4 Å². The first-order valence-electron chi connectivity index (χ1n) is 8.63. The summed E-state index contributed by atoms with van der Waals surface area (Å²) in [4.78, 5) is 25.0. The molecule has 1 aromatic carbocycles. The maximum absolute atomic E-state index is 13.8. The average molecular weight is 362 g/mol. The molecule has 0 atom stereocenters. The summed E-state index contributed by atoms with van der Waals surface area (Å²) in [6.45, 7) is 2.56. The maximum Gasteiger partial charge on any atom is 0.257 e.